The van der Waals surface area contributed by atoms with E-state index in [4.69, 9.17) is 0 Å². The van der Waals surface area contributed by atoms with Crippen molar-refractivity contribution in [3.8, 4) is 0 Å². The monoisotopic (exact) mass is 313 g/mol. The van der Waals surface area contributed by atoms with Crippen LogP contribution in [0.4, 0.5) is 0 Å². The van der Waals surface area contributed by atoms with Gasteiger partial charge in [-0.15, -0.1) is 0 Å². The van der Waals surface area contributed by atoms with Gasteiger partial charge in [-0.3, -0.25) is 4.79 Å². The summed E-state index contributed by atoms with van der Waals surface area (Å²) in [7, 11) is 0.399. The molecule has 1 amide bonds. The van der Waals surface area contributed by atoms with Crippen molar-refractivity contribution < 1.29 is 13.2 Å². The molecule has 0 saturated heterocycles. The molecule has 1 aromatic rings. The lowest BCUT2D eigenvalue weighted by Gasteiger charge is -2.10. The summed E-state index contributed by atoms with van der Waals surface area (Å²) in [6, 6.07) is 6.03. The van der Waals surface area contributed by atoms with Crippen LogP contribution in [0, 0.1) is 0 Å². The van der Waals surface area contributed by atoms with Crippen LogP contribution in [0.3, 0.4) is 0 Å². The maximum Gasteiger partial charge on any atom is 0.251 e. The Hall–Kier alpha value is -1.44. The van der Waals surface area contributed by atoms with Crippen LogP contribution >= 0.6 is 0 Å². The Morgan fingerprint density at radius 3 is 2.62 bits per heavy atom. The fraction of sp³-hybridized carbons (Fsp3) is 0.500. The predicted octanol–water partition coefficient (Wildman–Crippen LogP) is 0.666. The molecule has 7 heteroatoms. The van der Waals surface area contributed by atoms with Crippen molar-refractivity contribution in [2.45, 2.75) is 18.2 Å². The molecule has 6 nitrogen and oxygen atoms in total. The van der Waals surface area contributed by atoms with E-state index >= 15 is 0 Å². The zero-order chi connectivity index (χ0) is 15.9. The second-order valence-corrected chi connectivity index (χ2v) is 6.71. The highest BCUT2D eigenvalue weighted by atomic mass is 32.2. The summed E-state index contributed by atoms with van der Waals surface area (Å²) in [5.74, 6) is -0.262. The van der Waals surface area contributed by atoms with Crippen molar-refractivity contribution in [3.63, 3.8) is 0 Å². The van der Waals surface area contributed by atoms with Gasteiger partial charge in [0.2, 0.25) is 10.0 Å². The van der Waals surface area contributed by atoms with Gasteiger partial charge in [0.05, 0.1) is 4.90 Å². The van der Waals surface area contributed by atoms with Gasteiger partial charge in [-0.25, -0.2) is 13.1 Å². The SMILES string of the molecule is CCNS(=O)(=O)c1cccc(C(=O)NCCCN(C)C)c1. The first kappa shape index (κ1) is 17.6. The van der Waals surface area contributed by atoms with Crippen LogP contribution in [0.15, 0.2) is 29.2 Å². The Balaban J connectivity index is 2.70. The van der Waals surface area contributed by atoms with Gasteiger partial charge in [0, 0.05) is 18.7 Å². The van der Waals surface area contributed by atoms with Gasteiger partial charge in [-0.05, 0) is 45.3 Å². The van der Waals surface area contributed by atoms with Crippen LogP contribution in [0.5, 0.6) is 0 Å². The van der Waals surface area contributed by atoms with Gasteiger partial charge >= 0.3 is 0 Å². The van der Waals surface area contributed by atoms with Gasteiger partial charge in [-0.1, -0.05) is 13.0 Å². The first-order valence-electron chi connectivity index (χ1n) is 6.89. The molecule has 2 N–H and O–H groups in total. The van der Waals surface area contributed by atoms with Gasteiger partial charge < -0.3 is 10.2 Å². The van der Waals surface area contributed by atoms with Crippen molar-refractivity contribution >= 4 is 15.9 Å². The highest BCUT2D eigenvalue weighted by Crippen LogP contribution is 2.11. The second-order valence-electron chi connectivity index (χ2n) is 4.94. The summed E-state index contributed by atoms with van der Waals surface area (Å²) in [6.07, 6.45) is 0.841. The fourth-order valence-corrected chi connectivity index (χ4v) is 2.86. The normalized spacial score (nSPS) is 11.6. The number of amides is 1. The molecule has 0 aliphatic rings. The molecular formula is C14H23N3O3S. The van der Waals surface area contributed by atoms with E-state index in [-0.39, 0.29) is 10.8 Å². The van der Waals surface area contributed by atoms with Crippen LogP contribution < -0.4 is 10.0 Å². The van der Waals surface area contributed by atoms with Crippen LogP contribution in [0.25, 0.3) is 0 Å². The number of sulfonamides is 1. The Labute approximate surface area is 126 Å². The zero-order valence-corrected chi connectivity index (χ0v) is 13.5. The molecule has 0 unspecified atom stereocenters. The number of hydrogen-bond donors (Lipinski definition) is 2. The Morgan fingerprint density at radius 2 is 2.00 bits per heavy atom. The van der Waals surface area contributed by atoms with E-state index in [1.165, 1.54) is 12.1 Å². The fourth-order valence-electron chi connectivity index (χ4n) is 1.78. The number of nitrogens with zero attached hydrogens (tertiary/aromatic N) is 1. The maximum atomic E-state index is 12.0. The highest BCUT2D eigenvalue weighted by Gasteiger charge is 2.14. The van der Waals surface area contributed by atoms with Gasteiger partial charge in [0.1, 0.15) is 0 Å². The first-order valence-corrected chi connectivity index (χ1v) is 8.38. The third-order valence-corrected chi connectivity index (χ3v) is 4.35. The van der Waals surface area contributed by atoms with Crippen molar-refractivity contribution in [3.05, 3.63) is 29.8 Å². The molecule has 0 spiro atoms. The van der Waals surface area contributed by atoms with Crippen LogP contribution in [-0.2, 0) is 10.0 Å². The number of rotatable bonds is 8. The van der Waals surface area contributed by atoms with E-state index in [9.17, 15) is 13.2 Å². The molecule has 118 valence electrons. The lowest BCUT2D eigenvalue weighted by atomic mass is 10.2. The minimum absolute atomic E-state index is 0.102. The van der Waals surface area contributed by atoms with E-state index in [1.807, 2.05) is 19.0 Å². The predicted molar refractivity (Wildman–Crippen MR) is 82.8 cm³/mol. The number of carbonyl (C=O) groups excluding carboxylic acids is 1. The lowest BCUT2D eigenvalue weighted by molar-refractivity contribution is 0.0952. The minimum atomic E-state index is -3.54. The molecule has 0 aliphatic carbocycles. The highest BCUT2D eigenvalue weighted by molar-refractivity contribution is 7.89. The molecule has 0 heterocycles. The minimum Gasteiger partial charge on any atom is -0.352 e. The summed E-state index contributed by atoms with van der Waals surface area (Å²) in [6.45, 7) is 3.46. The summed E-state index contributed by atoms with van der Waals surface area (Å²) in [5, 5.41) is 2.78. The average Bonchev–Trinajstić information content (AvgIpc) is 2.43. The second kappa shape index (κ2) is 8.11. The summed E-state index contributed by atoms with van der Waals surface area (Å²) < 4.78 is 26.2. The van der Waals surface area contributed by atoms with Gasteiger partial charge in [0.15, 0.2) is 0 Å². The smallest absolute Gasteiger partial charge is 0.251 e. The van der Waals surface area contributed by atoms with Gasteiger partial charge in [0.25, 0.3) is 5.91 Å². The van der Waals surface area contributed by atoms with Crippen LogP contribution in [0.2, 0.25) is 0 Å². The average molecular weight is 313 g/mol. The molecular weight excluding hydrogens is 290 g/mol. The number of benzene rings is 1. The van der Waals surface area contributed by atoms with Crippen LogP contribution in [0.1, 0.15) is 23.7 Å². The van der Waals surface area contributed by atoms with Gasteiger partial charge in [-0.2, -0.15) is 0 Å². The molecule has 0 saturated carbocycles. The topological polar surface area (TPSA) is 78.5 Å². The molecule has 21 heavy (non-hydrogen) atoms. The largest absolute Gasteiger partial charge is 0.352 e. The van der Waals surface area contributed by atoms with Crippen molar-refractivity contribution in [1.82, 2.24) is 14.9 Å². The quantitative estimate of drug-likeness (QED) is 0.691. The van der Waals surface area contributed by atoms with E-state index in [1.54, 1.807) is 19.1 Å². The molecule has 1 rings (SSSR count). The van der Waals surface area contributed by atoms with E-state index in [0.29, 0.717) is 18.7 Å². The first-order chi connectivity index (χ1) is 9.86. The molecule has 0 radical (unpaired) electrons. The molecule has 0 fully saturated rings. The molecule has 0 aromatic heterocycles. The van der Waals surface area contributed by atoms with Crippen molar-refractivity contribution in [1.29, 1.82) is 0 Å². The summed E-state index contributed by atoms with van der Waals surface area (Å²) in [4.78, 5) is 14.1. The summed E-state index contributed by atoms with van der Waals surface area (Å²) >= 11 is 0. The van der Waals surface area contributed by atoms with Crippen LogP contribution in [-0.4, -0.2) is 53.0 Å². The van der Waals surface area contributed by atoms with Crippen molar-refractivity contribution in [2.24, 2.45) is 0 Å². The molecule has 0 aliphatic heterocycles. The Bertz CT molecular complexity index is 571. The Kier molecular flexibility index (Phi) is 6.80. The maximum absolute atomic E-state index is 12.0. The molecule has 0 atom stereocenters. The third kappa shape index (κ3) is 5.82. The molecule has 1 aromatic carbocycles. The Morgan fingerprint density at radius 1 is 1.29 bits per heavy atom. The van der Waals surface area contributed by atoms with Crippen molar-refractivity contribution in [2.75, 3.05) is 33.7 Å². The lowest BCUT2D eigenvalue weighted by Crippen LogP contribution is -2.28. The number of nitrogens with one attached hydrogen (secondary N) is 2. The number of hydrogen-bond acceptors (Lipinski definition) is 4. The number of carbonyl (C=O) groups is 1. The summed E-state index contributed by atoms with van der Waals surface area (Å²) in [5.41, 5.74) is 0.346. The third-order valence-electron chi connectivity index (χ3n) is 2.81. The van der Waals surface area contributed by atoms with E-state index in [0.717, 1.165) is 13.0 Å². The molecule has 0 bridgehead atoms. The zero-order valence-electron chi connectivity index (χ0n) is 12.7. The van der Waals surface area contributed by atoms with E-state index in [2.05, 4.69) is 10.0 Å². The van der Waals surface area contributed by atoms with E-state index < -0.39 is 10.0 Å². The standard InChI is InChI=1S/C14H23N3O3S/c1-4-16-21(19,20)13-8-5-7-12(11-13)14(18)15-9-6-10-17(2)3/h5,7-8,11,16H,4,6,9-10H2,1-3H3,(H,15,18).